The van der Waals surface area contributed by atoms with Gasteiger partial charge in [0.1, 0.15) is 5.75 Å². The van der Waals surface area contributed by atoms with Gasteiger partial charge in [-0.15, -0.1) is 0 Å². The first kappa shape index (κ1) is 20.6. The molecule has 0 aliphatic heterocycles. The van der Waals surface area contributed by atoms with E-state index in [-0.39, 0.29) is 18.4 Å². The van der Waals surface area contributed by atoms with Gasteiger partial charge < -0.3 is 14.6 Å². The number of carbonyl (C=O) groups is 1. The number of hydrogen-bond acceptors (Lipinski definition) is 5. The van der Waals surface area contributed by atoms with Crippen LogP contribution in [0.4, 0.5) is 0 Å². The molecule has 1 N–H and O–H groups in total. The Kier molecular flexibility index (Phi) is 6.65. The molecule has 1 amide bonds. The van der Waals surface area contributed by atoms with E-state index < -0.39 is 0 Å². The highest BCUT2D eigenvalue weighted by Crippen LogP contribution is 2.21. The van der Waals surface area contributed by atoms with Gasteiger partial charge in [0.2, 0.25) is 17.6 Å². The first-order valence-electron chi connectivity index (χ1n) is 9.82. The third-order valence-corrected chi connectivity index (χ3v) is 4.86. The van der Waals surface area contributed by atoms with Crippen LogP contribution in [0.2, 0.25) is 0 Å². The predicted octanol–water partition coefficient (Wildman–Crippen LogP) is 4.68. The fourth-order valence-electron chi connectivity index (χ4n) is 3.00. The summed E-state index contributed by atoms with van der Waals surface area (Å²) in [5, 5.41) is 7.02. The smallest absolute Gasteiger partial charge is 0.227 e. The van der Waals surface area contributed by atoms with Crippen LogP contribution in [0.25, 0.3) is 11.4 Å². The minimum Gasteiger partial charge on any atom is -0.497 e. The van der Waals surface area contributed by atoms with Crippen LogP contribution in [0.5, 0.6) is 5.75 Å². The van der Waals surface area contributed by atoms with Crippen molar-refractivity contribution >= 4 is 5.91 Å². The predicted molar refractivity (Wildman–Crippen MR) is 112 cm³/mol. The number of nitrogens with zero attached hydrogens (tertiary/aromatic N) is 2. The van der Waals surface area contributed by atoms with Gasteiger partial charge in [0.25, 0.3) is 0 Å². The van der Waals surface area contributed by atoms with Crippen molar-refractivity contribution in [1.29, 1.82) is 0 Å². The summed E-state index contributed by atoms with van der Waals surface area (Å²) in [5.74, 6) is 2.21. The van der Waals surface area contributed by atoms with Gasteiger partial charge in [0, 0.05) is 18.4 Å². The zero-order valence-electron chi connectivity index (χ0n) is 17.3. The molecule has 6 nitrogen and oxygen atoms in total. The van der Waals surface area contributed by atoms with Gasteiger partial charge >= 0.3 is 0 Å². The first-order valence-corrected chi connectivity index (χ1v) is 9.82. The standard InChI is InChI=1S/C23H27N3O3/c1-15(2)17-5-7-19(8-6-17)23-25-22(29-26-23)14-13-21(27)24-16(3)18-9-11-20(28-4)12-10-18/h5-12,15-16H,13-14H2,1-4H3,(H,24,27). The molecular weight excluding hydrogens is 366 g/mol. The first-order chi connectivity index (χ1) is 14.0. The van der Waals surface area contributed by atoms with Crippen LogP contribution in [0.1, 0.15) is 56.2 Å². The topological polar surface area (TPSA) is 77.2 Å². The van der Waals surface area contributed by atoms with Crippen molar-refractivity contribution in [2.75, 3.05) is 7.11 Å². The molecule has 29 heavy (non-hydrogen) atoms. The fraction of sp³-hybridized carbons (Fsp3) is 0.348. The van der Waals surface area contributed by atoms with Gasteiger partial charge in [0.15, 0.2) is 0 Å². The Morgan fingerprint density at radius 3 is 2.31 bits per heavy atom. The van der Waals surface area contributed by atoms with E-state index in [0.29, 0.717) is 24.1 Å². The monoisotopic (exact) mass is 393 g/mol. The van der Waals surface area contributed by atoms with Crippen LogP contribution in [-0.2, 0) is 11.2 Å². The molecule has 1 aromatic heterocycles. The molecular formula is C23H27N3O3. The summed E-state index contributed by atoms with van der Waals surface area (Å²) in [5.41, 5.74) is 3.19. The number of nitrogens with one attached hydrogen (secondary N) is 1. The number of aromatic nitrogens is 2. The minimum absolute atomic E-state index is 0.0608. The summed E-state index contributed by atoms with van der Waals surface area (Å²) in [4.78, 5) is 16.7. The van der Waals surface area contributed by atoms with Crippen LogP contribution in [0, 0.1) is 0 Å². The highest BCUT2D eigenvalue weighted by molar-refractivity contribution is 5.76. The van der Waals surface area contributed by atoms with Crippen molar-refractivity contribution in [3.63, 3.8) is 0 Å². The Labute approximate surface area is 171 Å². The van der Waals surface area contributed by atoms with E-state index in [1.165, 1.54) is 5.56 Å². The van der Waals surface area contributed by atoms with Crippen molar-refractivity contribution in [2.45, 2.75) is 45.6 Å². The third kappa shape index (κ3) is 5.44. The normalized spacial score (nSPS) is 12.0. The minimum atomic E-state index is -0.0916. The molecule has 3 rings (SSSR count). The zero-order chi connectivity index (χ0) is 20.8. The van der Waals surface area contributed by atoms with E-state index >= 15 is 0 Å². The second kappa shape index (κ2) is 9.37. The van der Waals surface area contributed by atoms with Gasteiger partial charge in [-0.05, 0) is 36.1 Å². The Morgan fingerprint density at radius 1 is 1.03 bits per heavy atom. The molecule has 0 fully saturated rings. The lowest BCUT2D eigenvalue weighted by atomic mass is 10.0. The van der Waals surface area contributed by atoms with Crippen LogP contribution < -0.4 is 10.1 Å². The fourth-order valence-corrected chi connectivity index (χ4v) is 3.00. The van der Waals surface area contributed by atoms with Gasteiger partial charge in [-0.3, -0.25) is 4.79 Å². The van der Waals surface area contributed by atoms with Gasteiger partial charge in [-0.2, -0.15) is 4.98 Å². The molecule has 3 aromatic rings. The maximum absolute atomic E-state index is 12.3. The zero-order valence-corrected chi connectivity index (χ0v) is 17.3. The van der Waals surface area contributed by atoms with Crippen molar-refractivity contribution in [2.24, 2.45) is 0 Å². The van der Waals surface area contributed by atoms with Crippen molar-refractivity contribution in [3.8, 4) is 17.1 Å². The van der Waals surface area contributed by atoms with E-state index in [1.54, 1.807) is 7.11 Å². The van der Waals surface area contributed by atoms with Crippen LogP contribution in [0.3, 0.4) is 0 Å². The molecule has 1 unspecified atom stereocenters. The average molecular weight is 393 g/mol. The average Bonchev–Trinajstić information content (AvgIpc) is 3.21. The molecule has 0 aliphatic carbocycles. The Bertz CT molecular complexity index is 931. The molecule has 0 radical (unpaired) electrons. The van der Waals surface area contributed by atoms with Crippen LogP contribution >= 0.6 is 0 Å². The summed E-state index contributed by atoms with van der Waals surface area (Å²) < 4.78 is 10.5. The molecule has 0 saturated heterocycles. The van der Waals surface area contributed by atoms with Gasteiger partial charge in [-0.25, -0.2) is 0 Å². The quantitative estimate of drug-likeness (QED) is 0.601. The molecule has 0 saturated carbocycles. The lowest BCUT2D eigenvalue weighted by molar-refractivity contribution is -0.121. The Hall–Kier alpha value is -3.15. The Morgan fingerprint density at radius 2 is 1.69 bits per heavy atom. The van der Waals surface area contributed by atoms with Crippen molar-refractivity contribution < 1.29 is 14.1 Å². The van der Waals surface area contributed by atoms with Crippen molar-refractivity contribution in [3.05, 3.63) is 65.5 Å². The number of aryl methyl sites for hydroxylation is 1. The van der Waals surface area contributed by atoms with E-state index in [1.807, 2.05) is 43.3 Å². The highest BCUT2D eigenvalue weighted by Gasteiger charge is 2.13. The lowest BCUT2D eigenvalue weighted by Crippen LogP contribution is -2.26. The maximum atomic E-state index is 12.3. The second-order valence-electron chi connectivity index (χ2n) is 7.35. The lowest BCUT2D eigenvalue weighted by Gasteiger charge is -2.14. The van der Waals surface area contributed by atoms with Crippen molar-refractivity contribution in [1.82, 2.24) is 15.5 Å². The van der Waals surface area contributed by atoms with E-state index in [4.69, 9.17) is 9.26 Å². The molecule has 6 heteroatoms. The number of rotatable bonds is 8. The molecule has 152 valence electrons. The summed E-state index contributed by atoms with van der Waals surface area (Å²) in [7, 11) is 1.63. The highest BCUT2D eigenvalue weighted by atomic mass is 16.5. The van der Waals surface area contributed by atoms with E-state index in [2.05, 4.69) is 41.4 Å². The molecule has 0 aliphatic rings. The molecule has 2 aromatic carbocycles. The number of carbonyl (C=O) groups excluding carboxylic acids is 1. The molecule has 0 bridgehead atoms. The van der Waals surface area contributed by atoms with E-state index in [0.717, 1.165) is 16.9 Å². The number of amides is 1. The second-order valence-corrected chi connectivity index (χ2v) is 7.35. The number of ether oxygens (including phenoxy) is 1. The summed E-state index contributed by atoms with van der Waals surface area (Å²) in [6, 6.07) is 15.7. The van der Waals surface area contributed by atoms with Gasteiger partial charge in [0.05, 0.1) is 13.2 Å². The molecule has 0 spiro atoms. The third-order valence-electron chi connectivity index (χ3n) is 4.86. The number of benzene rings is 2. The van der Waals surface area contributed by atoms with E-state index in [9.17, 15) is 4.79 Å². The summed E-state index contributed by atoms with van der Waals surface area (Å²) in [6.07, 6.45) is 0.687. The number of hydrogen-bond donors (Lipinski definition) is 1. The largest absolute Gasteiger partial charge is 0.497 e. The van der Waals surface area contributed by atoms with Crippen LogP contribution in [0.15, 0.2) is 53.1 Å². The maximum Gasteiger partial charge on any atom is 0.227 e. The summed E-state index contributed by atoms with van der Waals surface area (Å²) in [6.45, 7) is 6.26. The summed E-state index contributed by atoms with van der Waals surface area (Å²) >= 11 is 0. The molecule has 1 heterocycles. The van der Waals surface area contributed by atoms with Crippen LogP contribution in [-0.4, -0.2) is 23.2 Å². The number of methoxy groups -OCH3 is 1. The Balaban J connectivity index is 1.52. The van der Waals surface area contributed by atoms with Gasteiger partial charge in [-0.1, -0.05) is 55.4 Å². The molecule has 1 atom stereocenters. The SMILES string of the molecule is COc1ccc(C(C)NC(=O)CCc2nc(-c3ccc(C(C)C)cc3)no2)cc1.